The molecule has 0 atom stereocenters. The van der Waals surface area contributed by atoms with Gasteiger partial charge >= 0.3 is 0 Å². The van der Waals surface area contributed by atoms with Crippen LogP contribution >= 0.6 is 15.9 Å². The van der Waals surface area contributed by atoms with Crippen LogP contribution in [0.1, 0.15) is 25.8 Å². The van der Waals surface area contributed by atoms with E-state index in [4.69, 9.17) is 4.74 Å². The average molecular weight is 301 g/mol. The van der Waals surface area contributed by atoms with Gasteiger partial charge in [0.25, 0.3) is 0 Å². The maximum absolute atomic E-state index is 11.3. The third-order valence-electron chi connectivity index (χ3n) is 1.99. The molecule has 1 aromatic rings. The number of nitrogens with one attached hydrogen (secondary N) is 1. The molecule has 0 saturated heterocycles. The SMILES string of the molecule is CC(C)Oc1ncccc1CNC(=O)CCBr. The van der Waals surface area contributed by atoms with E-state index >= 15 is 0 Å². The lowest BCUT2D eigenvalue weighted by Crippen LogP contribution is -2.23. The highest BCUT2D eigenvalue weighted by molar-refractivity contribution is 9.09. The number of aromatic nitrogens is 1. The number of carbonyl (C=O) groups is 1. The minimum absolute atomic E-state index is 0.0150. The number of hydrogen-bond acceptors (Lipinski definition) is 3. The summed E-state index contributed by atoms with van der Waals surface area (Å²) in [6.07, 6.45) is 2.23. The van der Waals surface area contributed by atoms with E-state index in [0.717, 1.165) is 5.56 Å². The Labute approximate surface area is 110 Å². The maximum atomic E-state index is 11.3. The summed E-state index contributed by atoms with van der Waals surface area (Å²) in [5.74, 6) is 0.600. The summed E-state index contributed by atoms with van der Waals surface area (Å²) >= 11 is 3.23. The van der Waals surface area contributed by atoms with Crippen LogP contribution in [-0.2, 0) is 11.3 Å². The van der Waals surface area contributed by atoms with Gasteiger partial charge in [-0.2, -0.15) is 0 Å². The van der Waals surface area contributed by atoms with E-state index < -0.39 is 0 Å². The fourth-order valence-electron chi connectivity index (χ4n) is 1.26. The smallest absolute Gasteiger partial charge is 0.221 e. The summed E-state index contributed by atoms with van der Waals surface area (Å²) in [5.41, 5.74) is 0.893. The monoisotopic (exact) mass is 300 g/mol. The Balaban J connectivity index is 2.60. The van der Waals surface area contributed by atoms with E-state index in [1.807, 2.05) is 26.0 Å². The summed E-state index contributed by atoms with van der Waals surface area (Å²) in [5, 5.41) is 3.49. The Morgan fingerprint density at radius 1 is 1.59 bits per heavy atom. The number of alkyl halides is 1. The van der Waals surface area contributed by atoms with E-state index in [9.17, 15) is 4.79 Å². The van der Waals surface area contributed by atoms with Gasteiger partial charge in [-0.05, 0) is 19.9 Å². The topological polar surface area (TPSA) is 51.2 Å². The Morgan fingerprint density at radius 2 is 2.35 bits per heavy atom. The molecule has 0 saturated carbocycles. The summed E-state index contributed by atoms with van der Waals surface area (Å²) in [4.78, 5) is 15.5. The molecule has 0 spiro atoms. The fraction of sp³-hybridized carbons (Fsp3) is 0.500. The minimum atomic E-state index is 0.0150. The molecule has 94 valence electrons. The largest absolute Gasteiger partial charge is 0.475 e. The highest BCUT2D eigenvalue weighted by atomic mass is 79.9. The van der Waals surface area contributed by atoms with Crippen LogP contribution in [-0.4, -0.2) is 22.3 Å². The van der Waals surface area contributed by atoms with Gasteiger partial charge in [0.1, 0.15) is 0 Å². The first-order chi connectivity index (χ1) is 8.13. The van der Waals surface area contributed by atoms with Crippen LogP contribution in [0, 0.1) is 0 Å². The van der Waals surface area contributed by atoms with Crippen LogP contribution in [0.4, 0.5) is 0 Å². The molecule has 0 bridgehead atoms. The first-order valence-electron chi connectivity index (χ1n) is 5.56. The van der Waals surface area contributed by atoms with E-state index in [1.165, 1.54) is 0 Å². The zero-order valence-corrected chi connectivity index (χ0v) is 11.7. The molecule has 0 aliphatic heterocycles. The van der Waals surface area contributed by atoms with E-state index in [0.29, 0.717) is 24.2 Å². The van der Waals surface area contributed by atoms with Crippen molar-refractivity contribution in [3.8, 4) is 5.88 Å². The van der Waals surface area contributed by atoms with Crippen molar-refractivity contribution in [2.45, 2.75) is 32.9 Å². The second-order valence-electron chi connectivity index (χ2n) is 3.85. The molecule has 0 aliphatic rings. The zero-order valence-electron chi connectivity index (χ0n) is 10.1. The lowest BCUT2D eigenvalue weighted by Gasteiger charge is -2.13. The van der Waals surface area contributed by atoms with Crippen molar-refractivity contribution in [1.29, 1.82) is 0 Å². The van der Waals surface area contributed by atoms with Crippen molar-refractivity contribution in [3.63, 3.8) is 0 Å². The summed E-state index contributed by atoms with van der Waals surface area (Å²) < 4.78 is 5.57. The van der Waals surface area contributed by atoms with Crippen molar-refractivity contribution in [2.24, 2.45) is 0 Å². The van der Waals surface area contributed by atoms with Crippen LogP contribution in [0.2, 0.25) is 0 Å². The molecule has 0 radical (unpaired) electrons. The molecule has 0 aromatic carbocycles. The molecule has 1 amide bonds. The lowest BCUT2D eigenvalue weighted by molar-refractivity contribution is -0.120. The Bertz CT molecular complexity index is 369. The molecule has 1 heterocycles. The van der Waals surface area contributed by atoms with E-state index in [-0.39, 0.29) is 12.0 Å². The van der Waals surface area contributed by atoms with Crippen molar-refractivity contribution >= 4 is 21.8 Å². The second-order valence-corrected chi connectivity index (χ2v) is 4.64. The summed E-state index contributed by atoms with van der Waals surface area (Å²) in [6, 6.07) is 3.73. The van der Waals surface area contributed by atoms with Gasteiger partial charge in [0.05, 0.1) is 6.10 Å². The van der Waals surface area contributed by atoms with Crippen molar-refractivity contribution in [1.82, 2.24) is 10.3 Å². The number of halogens is 1. The van der Waals surface area contributed by atoms with Crippen LogP contribution in [0.25, 0.3) is 0 Å². The lowest BCUT2D eigenvalue weighted by atomic mass is 10.2. The van der Waals surface area contributed by atoms with Gasteiger partial charge in [-0.25, -0.2) is 4.98 Å². The Hall–Kier alpha value is -1.10. The molecular weight excluding hydrogens is 284 g/mol. The van der Waals surface area contributed by atoms with Gasteiger partial charge in [-0.1, -0.05) is 22.0 Å². The summed E-state index contributed by atoms with van der Waals surface area (Å²) in [7, 11) is 0. The fourth-order valence-corrected chi connectivity index (χ4v) is 1.62. The first kappa shape index (κ1) is 14.0. The Morgan fingerprint density at radius 3 is 3.00 bits per heavy atom. The molecule has 5 heteroatoms. The minimum Gasteiger partial charge on any atom is -0.475 e. The van der Waals surface area contributed by atoms with E-state index in [1.54, 1.807) is 6.20 Å². The number of nitrogens with zero attached hydrogens (tertiary/aromatic N) is 1. The second kappa shape index (κ2) is 7.27. The molecule has 0 aliphatic carbocycles. The third-order valence-corrected chi connectivity index (χ3v) is 2.39. The standard InChI is InChI=1S/C12H17BrN2O2/c1-9(2)17-12-10(4-3-7-14-12)8-15-11(16)5-6-13/h3-4,7,9H,5-6,8H2,1-2H3,(H,15,16). The number of carbonyl (C=O) groups excluding carboxylic acids is 1. The van der Waals surface area contributed by atoms with Gasteiger partial charge in [-0.3, -0.25) is 4.79 Å². The van der Waals surface area contributed by atoms with Gasteiger partial charge in [0, 0.05) is 30.1 Å². The van der Waals surface area contributed by atoms with Crippen molar-refractivity contribution in [3.05, 3.63) is 23.9 Å². The Kier molecular flexibility index (Phi) is 5.97. The zero-order chi connectivity index (χ0) is 12.7. The molecular formula is C12H17BrN2O2. The molecule has 4 nitrogen and oxygen atoms in total. The van der Waals surface area contributed by atoms with E-state index in [2.05, 4.69) is 26.2 Å². The number of ether oxygens (including phenoxy) is 1. The van der Waals surface area contributed by atoms with Crippen LogP contribution < -0.4 is 10.1 Å². The highest BCUT2D eigenvalue weighted by Gasteiger charge is 2.07. The number of amides is 1. The van der Waals surface area contributed by atoms with Crippen LogP contribution in [0.15, 0.2) is 18.3 Å². The van der Waals surface area contributed by atoms with Crippen LogP contribution in [0.5, 0.6) is 5.88 Å². The van der Waals surface area contributed by atoms with Crippen molar-refractivity contribution in [2.75, 3.05) is 5.33 Å². The highest BCUT2D eigenvalue weighted by Crippen LogP contribution is 2.15. The van der Waals surface area contributed by atoms with Gasteiger partial charge < -0.3 is 10.1 Å². The van der Waals surface area contributed by atoms with Gasteiger partial charge in [-0.15, -0.1) is 0 Å². The quantitative estimate of drug-likeness (QED) is 0.820. The number of hydrogen-bond donors (Lipinski definition) is 1. The molecule has 17 heavy (non-hydrogen) atoms. The third kappa shape index (κ3) is 5.17. The predicted molar refractivity (Wildman–Crippen MR) is 70.3 cm³/mol. The number of rotatable bonds is 6. The predicted octanol–water partition coefficient (Wildman–Crippen LogP) is 2.27. The van der Waals surface area contributed by atoms with Gasteiger partial charge in [0.2, 0.25) is 11.8 Å². The molecule has 0 fully saturated rings. The van der Waals surface area contributed by atoms with Crippen LogP contribution in [0.3, 0.4) is 0 Å². The first-order valence-corrected chi connectivity index (χ1v) is 6.69. The molecule has 1 aromatic heterocycles. The summed E-state index contributed by atoms with van der Waals surface area (Å²) in [6.45, 7) is 4.34. The molecule has 0 unspecified atom stereocenters. The van der Waals surface area contributed by atoms with Gasteiger partial charge in [0.15, 0.2) is 0 Å². The van der Waals surface area contributed by atoms with Crippen molar-refractivity contribution < 1.29 is 9.53 Å². The molecule has 1 N–H and O–H groups in total. The average Bonchev–Trinajstić information content (AvgIpc) is 2.27. The molecule has 1 rings (SSSR count). The number of pyridine rings is 1. The normalized spacial score (nSPS) is 10.4. The maximum Gasteiger partial charge on any atom is 0.221 e.